The van der Waals surface area contributed by atoms with Gasteiger partial charge in [-0.2, -0.15) is 0 Å². The summed E-state index contributed by atoms with van der Waals surface area (Å²) in [6.07, 6.45) is 0. The Morgan fingerprint density at radius 3 is 2.74 bits per heavy atom. The molecular formula is C17H14FNO4. The SMILES string of the molecule is O=C(c1ccc2c(c1)OCO2)N1CCOc2ccc(F)cc2C1. The lowest BCUT2D eigenvalue weighted by molar-refractivity contribution is 0.0732. The van der Waals surface area contributed by atoms with Gasteiger partial charge in [0.1, 0.15) is 18.2 Å². The number of fused-ring (bicyclic) bond motifs is 2. The molecule has 2 aromatic carbocycles. The van der Waals surface area contributed by atoms with Gasteiger partial charge in [-0.25, -0.2) is 4.39 Å². The molecule has 1 amide bonds. The quantitative estimate of drug-likeness (QED) is 0.811. The molecule has 0 aliphatic carbocycles. The van der Waals surface area contributed by atoms with Gasteiger partial charge in [0.2, 0.25) is 6.79 Å². The molecule has 0 bridgehead atoms. The van der Waals surface area contributed by atoms with Gasteiger partial charge in [-0.1, -0.05) is 0 Å². The molecule has 6 heteroatoms. The summed E-state index contributed by atoms with van der Waals surface area (Å²) < 4.78 is 29.6. The van der Waals surface area contributed by atoms with Crippen LogP contribution in [0.5, 0.6) is 17.2 Å². The minimum Gasteiger partial charge on any atom is -0.491 e. The number of hydrogen-bond donors (Lipinski definition) is 0. The van der Waals surface area contributed by atoms with Crippen LogP contribution < -0.4 is 14.2 Å². The fraction of sp³-hybridized carbons (Fsp3) is 0.235. The molecule has 0 saturated heterocycles. The molecule has 0 aromatic heterocycles. The second kappa shape index (κ2) is 5.46. The van der Waals surface area contributed by atoms with Gasteiger partial charge in [-0.15, -0.1) is 0 Å². The Bertz CT molecular complexity index is 777. The fourth-order valence-corrected chi connectivity index (χ4v) is 2.75. The number of nitrogens with zero attached hydrogens (tertiary/aromatic N) is 1. The molecule has 2 aromatic rings. The van der Waals surface area contributed by atoms with Crippen molar-refractivity contribution in [3.05, 3.63) is 53.3 Å². The average Bonchev–Trinajstić information content (AvgIpc) is 2.92. The summed E-state index contributed by atoms with van der Waals surface area (Å²) in [5.41, 5.74) is 1.17. The summed E-state index contributed by atoms with van der Waals surface area (Å²) in [6.45, 7) is 1.27. The predicted octanol–water partition coefficient (Wildman–Crippen LogP) is 2.59. The monoisotopic (exact) mass is 315 g/mol. The molecule has 0 N–H and O–H groups in total. The van der Waals surface area contributed by atoms with Crippen molar-refractivity contribution in [3.8, 4) is 17.2 Å². The lowest BCUT2D eigenvalue weighted by atomic mass is 10.1. The van der Waals surface area contributed by atoms with Crippen LogP contribution in [0.15, 0.2) is 36.4 Å². The number of halogens is 1. The highest BCUT2D eigenvalue weighted by molar-refractivity contribution is 5.95. The molecular weight excluding hydrogens is 301 g/mol. The second-order valence-corrected chi connectivity index (χ2v) is 5.40. The molecule has 0 atom stereocenters. The van der Waals surface area contributed by atoms with E-state index >= 15 is 0 Å². The summed E-state index contributed by atoms with van der Waals surface area (Å²) in [4.78, 5) is 14.4. The van der Waals surface area contributed by atoms with Crippen molar-refractivity contribution in [2.45, 2.75) is 6.54 Å². The summed E-state index contributed by atoms with van der Waals surface area (Å²) in [5.74, 6) is 1.32. The highest BCUT2D eigenvalue weighted by atomic mass is 19.1. The molecule has 0 saturated carbocycles. The maximum atomic E-state index is 13.4. The third-order valence-electron chi connectivity index (χ3n) is 3.91. The van der Waals surface area contributed by atoms with Crippen LogP contribution in [0.4, 0.5) is 4.39 Å². The summed E-state index contributed by atoms with van der Waals surface area (Å²) >= 11 is 0. The van der Waals surface area contributed by atoms with Crippen LogP contribution in [0, 0.1) is 5.82 Å². The molecule has 118 valence electrons. The van der Waals surface area contributed by atoms with Gasteiger partial charge in [0.15, 0.2) is 11.5 Å². The van der Waals surface area contributed by atoms with Crippen molar-refractivity contribution < 1.29 is 23.4 Å². The molecule has 2 heterocycles. The molecule has 0 spiro atoms. The molecule has 2 aliphatic heterocycles. The third kappa shape index (κ3) is 2.56. The van der Waals surface area contributed by atoms with E-state index < -0.39 is 0 Å². The first kappa shape index (κ1) is 13.9. The number of benzene rings is 2. The molecule has 23 heavy (non-hydrogen) atoms. The molecule has 0 radical (unpaired) electrons. The Morgan fingerprint density at radius 2 is 1.83 bits per heavy atom. The molecule has 4 rings (SSSR count). The van der Waals surface area contributed by atoms with Crippen molar-refractivity contribution >= 4 is 5.91 Å². The van der Waals surface area contributed by atoms with Crippen LogP contribution in [0.25, 0.3) is 0 Å². The number of carbonyl (C=O) groups is 1. The Balaban J connectivity index is 1.61. The standard InChI is InChI=1S/C17H14FNO4/c18-13-2-4-14-12(7-13)9-19(5-6-21-14)17(20)11-1-3-15-16(8-11)23-10-22-15/h1-4,7-8H,5-6,9-10H2. The van der Waals surface area contributed by atoms with Crippen molar-refractivity contribution in [1.29, 1.82) is 0 Å². The minimum atomic E-state index is -0.343. The van der Waals surface area contributed by atoms with Crippen molar-refractivity contribution in [2.75, 3.05) is 19.9 Å². The number of rotatable bonds is 1. The Hall–Kier alpha value is -2.76. The van der Waals surface area contributed by atoms with Gasteiger partial charge in [0.25, 0.3) is 5.91 Å². The number of amides is 1. The van der Waals surface area contributed by atoms with Crippen LogP contribution in [0.2, 0.25) is 0 Å². The smallest absolute Gasteiger partial charge is 0.254 e. The maximum Gasteiger partial charge on any atom is 0.254 e. The van der Waals surface area contributed by atoms with Crippen molar-refractivity contribution in [3.63, 3.8) is 0 Å². The first-order valence-corrected chi connectivity index (χ1v) is 7.31. The van der Waals surface area contributed by atoms with Crippen LogP contribution >= 0.6 is 0 Å². The number of ether oxygens (including phenoxy) is 3. The Labute approximate surface area is 132 Å². The van der Waals surface area contributed by atoms with Gasteiger partial charge in [0.05, 0.1) is 6.54 Å². The maximum absolute atomic E-state index is 13.4. The second-order valence-electron chi connectivity index (χ2n) is 5.40. The Morgan fingerprint density at radius 1 is 1.00 bits per heavy atom. The normalized spacial score (nSPS) is 15.6. The van der Waals surface area contributed by atoms with E-state index in [0.717, 1.165) is 0 Å². The van der Waals surface area contributed by atoms with Gasteiger partial charge in [-0.05, 0) is 36.4 Å². The molecule has 0 fully saturated rings. The highest BCUT2D eigenvalue weighted by Gasteiger charge is 2.23. The van der Waals surface area contributed by atoms with E-state index in [1.807, 2.05) is 0 Å². The van der Waals surface area contributed by atoms with Crippen LogP contribution in [0.1, 0.15) is 15.9 Å². The number of hydrogen-bond acceptors (Lipinski definition) is 4. The lowest BCUT2D eigenvalue weighted by Gasteiger charge is -2.20. The predicted molar refractivity (Wildman–Crippen MR) is 79.2 cm³/mol. The zero-order valence-electron chi connectivity index (χ0n) is 12.3. The van der Waals surface area contributed by atoms with Crippen LogP contribution in [0.3, 0.4) is 0 Å². The van der Waals surface area contributed by atoms with Crippen LogP contribution in [-0.4, -0.2) is 30.8 Å². The molecule has 0 unspecified atom stereocenters. The Kier molecular flexibility index (Phi) is 3.29. The first-order valence-electron chi connectivity index (χ1n) is 7.31. The van der Waals surface area contributed by atoms with Crippen molar-refractivity contribution in [1.82, 2.24) is 4.90 Å². The molecule has 2 aliphatic rings. The largest absolute Gasteiger partial charge is 0.491 e. The summed E-state index contributed by atoms with van der Waals surface area (Å²) in [7, 11) is 0. The minimum absolute atomic E-state index is 0.149. The highest BCUT2D eigenvalue weighted by Crippen LogP contribution is 2.33. The van der Waals surface area contributed by atoms with E-state index in [1.165, 1.54) is 12.1 Å². The summed E-state index contributed by atoms with van der Waals surface area (Å²) in [6, 6.07) is 9.45. The lowest BCUT2D eigenvalue weighted by Crippen LogP contribution is -2.32. The number of carbonyl (C=O) groups excluding carboxylic acids is 1. The fourth-order valence-electron chi connectivity index (χ4n) is 2.75. The van der Waals surface area contributed by atoms with E-state index in [2.05, 4.69) is 0 Å². The zero-order valence-corrected chi connectivity index (χ0v) is 12.3. The van der Waals surface area contributed by atoms with E-state index in [0.29, 0.717) is 48.1 Å². The average molecular weight is 315 g/mol. The third-order valence-corrected chi connectivity index (χ3v) is 3.91. The van der Waals surface area contributed by atoms with Gasteiger partial charge in [-0.3, -0.25) is 4.79 Å². The summed E-state index contributed by atoms with van der Waals surface area (Å²) in [5, 5.41) is 0. The van der Waals surface area contributed by atoms with Crippen molar-refractivity contribution in [2.24, 2.45) is 0 Å². The zero-order chi connectivity index (χ0) is 15.8. The van der Waals surface area contributed by atoms with E-state index in [-0.39, 0.29) is 18.5 Å². The molecule has 5 nitrogen and oxygen atoms in total. The first-order chi connectivity index (χ1) is 11.2. The van der Waals surface area contributed by atoms with Gasteiger partial charge in [0, 0.05) is 17.7 Å². The van der Waals surface area contributed by atoms with E-state index in [1.54, 1.807) is 29.2 Å². The van der Waals surface area contributed by atoms with Crippen LogP contribution in [-0.2, 0) is 6.54 Å². The van der Waals surface area contributed by atoms with Gasteiger partial charge < -0.3 is 19.1 Å². The van der Waals surface area contributed by atoms with Gasteiger partial charge >= 0.3 is 0 Å². The van der Waals surface area contributed by atoms with E-state index in [9.17, 15) is 9.18 Å². The van der Waals surface area contributed by atoms with E-state index in [4.69, 9.17) is 14.2 Å². The topological polar surface area (TPSA) is 48.0 Å².